The highest BCUT2D eigenvalue weighted by molar-refractivity contribution is 5.27. The molecule has 0 aliphatic carbocycles. The Kier molecular flexibility index (Phi) is 6.46. The molecule has 0 saturated heterocycles. The first-order chi connectivity index (χ1) is 9.60. The minimum Gasteiger partial charge on any atom is -0.316 e. The predicted molar refractivity (Wildman–Crippen MR) is 95.0 cm³/mol. The van der Waals surface area contributed by atoms with Crippen molar-refractivity contribution in [2.24, 2.45) is 11.3 Å². The van der Waals surface area contributed by atoms with Crippen LogP contribution >= 0.6 is 0 Å². The lowest BCUT2D eigenvalue weighted by Crippen LogP contribution is -2.32. The highest BCUT2D eigenvalue weighted by Crippen LogP contribution is 2.25. The summed E-state index contributed by atoms with van der Waals surface area (Å²) in [5, 5.41) is 3.59. The maximum atomic E-state index is 3.59. The van der Waals surface area contributed by atoms with E-state index in [1.54, 1.807) is 0 Å². The van der Waals surface area contributed by atoms with E-state index >= 15 is 0 Å². The van der Waals surface area contributed by atoms with Crippen LogP contribution < -0.4 is 5.32 Å². The summed E-state index contributed by atoms with van der Waals surface area (Å²) < 4.78 is 0. The van der Waals surface area contributed by atoms with Crippen LogP contribution in [0.3, 0.4) is 0 Å². The second-order valence-electron chi connectivity index (χ2n) is 8.64. The van der Waals surface area contributed by atoms with Crippen molar-refractivity contribution in [3.8, 4) is 0 Å². The Bertz CT molecular complexity index is 406. The lowest BCUT2D eigenvalue weighted by atomic mass is 9.84. The first kappa shape index (κ1) is 18.2. The number of hydrogen-bond donors (Lipinski definition) is 1. The zero-order chi connectivity index (χ0) is 16.1. The molecule has 0 spiro atoms. The van der Waals surface area contributed by atoms with E-state index in [9.17, 15) is 0 Å². The molecule has 0 aromatic heterocycles. The van der Waals surface area contributed by atoms with Crippen LogP contribution in [-0.2, 0) is 11.8 Å². The Morgan fingerprint density at radius 2 is 1.52 bits per heavy atom. The van der Waals surface area contributed by atoms with Crippen LogP contribution in [0, 0.1) is 11.3 Å². The lowest BCUT2D eigenvalue weighted by Gasteiger charge is -2.26. The van der Waals surface area contributed by atoms with Crippen LogP contribution in [0.15, 0.2) is 24.3 Å². The van der Waals surface area contributed by atoms with Gasteiger partial charge in [0.05, 0.1) is 0 Å². The number of benzene rings is 1. The normalized spacial score (nSPS) is 13.0. The van der Waals surface area contributed by atoms with Gasteiger partial charge in [-0.15, -0.1) is 0 Å². The molecule has 21 heavy (non-hydrogen) atoms. The molecule has 0 radical (unpaired) electrons. The molecule has 0 atom stereocenters. The highest BCUT2D eigenvalue weighted by Gasteiger charge is 2.18. The summed E-state index contributed by atoms with van der Waals surface area (Å²) >= 11 is 0. The number of nitrogens with one attached hydrogen (secondary N) is 1. The summed E-state index contributed by atoms with van der Waals surface area (Å²) in [5.41, 5.74) is 3.49. The van der Waals surface area contributed by atoms with Crippen molar-refractivity contribution in [3.63, 3.8) is 0 Å². The van der Waals surface area contributed by atoms with Crippen LogP contribution in [0.5, 0.6) is 0 Å². The quantitative estimate of drug-likeness (QED) is 0.728. The fraction of sp³-hybridized carbons (Fsp3) is 0.700. The molecule has 0 aliphatic rings. The van der Waals surface area contributed by atoms with Crippen molar-refractivity contribution >= 4 is 0 Å². The maximum Gasteiger partial charge on any atom is 0.000274 e. The van der Waals surface area contributed by atoms with Crippen molar-refractivity contribution in [1.29, 1.82) is 0 Å². The largest absolute Gasteiger partial charge is 0.316 e. The summed E-state index contributed by atoms with van der Waals surface area (Å²) in [6.07, 6.45) is 2.40. The van der Waals surface area contributed by atoms with Crippen LogP contribution in [0.1, 0.15) is 66.0 Å². The zero-order valence-corrected chi connectivity index (χ0v) is 15.2. The van der Waals surface area contributed by atoms with Crippen LogP contribution in [0.2, 0.25) is 0 Å². The Balaban J connectivity index is 2.47. The molecule has 1 heteroatoms. The Morgan fingerprint density at radius 1 is 0.952 bits per heavy atom. The van der Waals surface area contributed by atoms with Crippen LogP contribution in [0.25, 0.3) is 0 Å². The second-order valence-corrected chi connectivity index (χ2v) is 8.64. The van der Waals surface area contributed by atoms with Crippen LogP contribution in [0.4, 0.5) is 0 Å². The molecule has 0 saturated carbocycles. The van der Waals surface area contributed by atoms with Gasteiger partial charge in [-0.25, -0.2) is 0 Å². The topological polar surface area (TPSA) is 12.0 Å². The Morgan fingerprint density at radius 3 is 2.00 bits per heavy atom. The van der Waals surface area contributed by atoms with Gasteiger partial charge >= 0.3 is 0 Å². The maximum absolute atomic E-state index is 3.59. The molecule has 0 fully saturated rings. The SMILES string of the molecule is CC(C)CNCC(C)(C)CCc1ccc(C(C)(C)C)cc1. The summed E-state index contributed by atoms with van der Waals surface area (Å²) in [6, 6.07) is 9.19. The van der Waals surface area contributed by atoms with Gasteiger partial charge in [0.2, 0.25) is 0 Å². The molecule has 0 unspecified atom stereocenters. The molecule has 0 heterocycles. The molecule has 1 rings (SSSR count). The minimum atomic E-state index is 0.249. The molecule has 0 amide bonds. The number of hydrogen-bond acceptors (Lipinski definition) is 1. The molecule has 1 aromatic rings. The summed E-state index contributed by atoms with van der Waals surface area (Å²) in [4.78, 5) is 0. The minimum absolute atomic E-state index is 0.249. The van der Waals surface area contributed by atoms with Gasteiger partial charge in [-0.2, -0.15) is 0 Å². The average molecular weight is 290 g/mol. The van der Waals surface area contributed by atoms with Gasteiger partial charge in [0.25, 0.3) is 0 Å². The van der Waals surface area contributed by atoms with Crippen molar-refractivity contribution in [1.82, 2.24) is 5.32 Å². The molecule has 0 bridgehead atoms. The van der Waals surface area contributed by atoms with Gasteiger partial charge in [0, 0.05) is 6.54 Å². The fourth-order valence-electron chi connectivity index (χ4n) is 2.44. The van der Waals surface area contributed by atoms with Crippen LogP contribution in [-0.4, -0.2) is 13.1 Å². The third-order valence-corrected chi connectivity index (χ3v) is 4.07. The second kappa shape index (κ2) is 7.45. The monoisotopic (exact) mass is 289 g/mol. The van der Waals surface area contributed by atoms with Gasteiger partial charge in [-0.1, -0.05) is 72.7 Å². The van der Waals surface area contributed by atoms with Gasteiger partial charge in [0.1, 0.15) is 0 Å². The standard InChI is InChI=1S/C20H35N/c1-16(2)14-21-15-20(6,7)13-12-17-8-10-18(11-9-17)19(3,4)5/h8-11,16,21H,12-15H2,1-7H3. The van der Waals surface area contributed by atoms with Crippen molar-refractivity contribution < 1.29 is 0 Å². The molecule has 1 N–H and O–H groups in total. The smallest absolute Gasteiger partial charge is 0.000274 e. The Labute approximate surface area is 132 Å². The molecule has 1 aromatic carbocycles. The summed E-state index contributed by atoms with van der Waals surface area (Å²) in [6.45, 7) is 18.3. The molecular weight excluding hydrogens is 254 g/mol. The van der Waals surface area contributed by atoms with Crippen molar-refractivity contribution in [3.05, 3.63) is 35.4 Å². The fourth-order valence-corrected chi connectivity index (χ4v) is 2.44. The van der Waals surface area contributed by atoms with E-state index in [1.807, 2.05) is 0 Å². The third-order valence-electron chi connectivity index (χ3n) is 4.07. The first-order valence-electron chi connectivity index (χ1n) is 8.40. The predicted octanol–water partition coefficient (Wildman–Crippen LogP) is 5.19. The molecule has 120 valence electrons. The van der Waals surface area contributed by atoms with Gasteiger partial charge < -0.3 is 5.32 Å². The number of aryl methyl sites for hydroxylation is 1. The molecule has 0 aliphatic heterocycles. The van der Waals surface area contributed by atoms with E-state index in [0.29, 0.717) is 5.41 Å². The zero-order valence-electron chi connectivity index (χ0n) is 15.2. The van der Waals surface area contributed by atoms with E-state index in [-0.39, 0.29) is 5.41 Å². The van der Waals surface area contributed by atoms with Crippen molar-refractivity contribution in [2.45, 2.75) is 66.7 Å². The first-order valence-corrected chi connectivity index (χ1v) is 8.40. The number of rotatable bonds is 7. The average Bonchev–Trinajstić information content (AvgIpc) is 2.35. The summed E-state index contributed by atoms with van der Waals surface area (Å²) in [7, 11) is 0. The molecule has 1 nitrogen and oxygen atoms in total. The third kappa shape index (κ3) is 7.13. The van der Waals surface area contributed by atoms with E-state index < -0.39 is 0 Å². The van der Waals surface area contributed by atoms with Gasteiger partial charge in [0.15, 0.2) is 0 Å². The Hall–Kier alpha value is -0.820. The molecular formula is C20H35N. The van der Waals surface area contributed by atoms with E-state index in [2.05, 4.69) is 78.0 Å². The van der Waals surface area contributed by atoms with E-state index in [1.165, 1.54) is 24.0 Å². The summed E-state index contributed by atoms with van der Waals surface area (Å²) in [5.74, 6) is 0.728. The lowest BCUT2D eigenvalue weighted by molar-refractivity contribution is 0.308. The highest BCUT2D eigenvalue weighted by atomic mass is 14.9. The van der Waals surface area contributed by atoms with E-state index in [0.717, 1.165) is 19.0 Å². The van der Waals surface area contributed by atoms with Crippen molar-refractivity contribution in [2.75, 3.05) is 13.1 Å². The van der Waals surface area contributed by atoms with E-state index in [4.69, 9.17) is 0 Å². The van der Waals surface area contributed by atoms with Gasteiger partial charge in [-0.3, -0.25) is 0 Å². The van der Waals surface area contributed by atoms with Gasteiger partial charge in [-0.05, 0) is 47.3 Å².